The van der Waals surface area contributed by atoms with Crippen molar-refractivity contribution in [2.75, 3.05) is 5.32 Å². The summed E-state index contributed by atoms with van der Waals surface area (Å²) in [6.45, 7) is 12.9. The third kappa shape index (κ3) is 4.45. The third-order valence-electron chi connectivity index (χ3n) is 5.07. The van der Waals surface area contributed by atoms with Gasteiger partial charge in [0.15, 0.2) is 0 Å². The highest BCUT2D eigenvalue weighted by atomic mass is 16.7. The van der Waals surface area contributed by atoms with E-state index in [1.165, 1.54) is 5.56 Å². The molecule has 5 nitrogen and oxygen atoms in total. The smallest absolute Gasteiger partial charge is 0.473 e. The quantitative estimate of drug-likeness (QED) is 0.787. The topological polar surface area (TPSA) is 52.6 Å². The molecule has 0 bridgehead atoms. The molecule has 1 aliphatic rings. The van der Waals surface area contributed by atoms with Gasteiger partial charge in [-0.25, -0.2) is 4.98 Å². The van der Waals surface area contributed by atoms with E-state index >= 15 is 0 Å². The average Bonchev–Trinajstić information content (AvgIpc) is 2.82. The number of nitrogens with zero attached hydrogens (tertiary/aromatic N) is 1. The maximum Gasteiger partial charge on any atom is 0.496 e. The van der Waals surface area contributed by atoms with Crippen molar-refractivity contribution in [3.8, 4) is 5.88 Å². The third-order valence-corrected chi connectivity index (χ3v) is 5.07. The van der Waals surface area contributed by atoms with Crippen LogP contribution in [0.5, 0.6) is 5.88 Å². The summed E-state index contributed by atoms with van der Waals surface area (Å²) in [5.74, 6) is 0.584. The lowest BCUT2D eigenvalue weighted by Gasteiger charge is -2.32. The van der Waals surface area contributed by atoms with Crippen LogP contribution in [0.25, 0.3) is 0 Å². The zero-order chi connectivity index (χ0) is 19.7. The Hall–Kier alpha value is -2.05. The fraction of sp³-hybridized carbons (Fsp3) is 0.476. The molecular weight excluding hydrogens is 339 g/mol. The molecule has 0 radical (unpaired) electrons. The van der Waals surface area contributed by atoms with E-state index in [1.807, 2.05) is 65.8 Å². The zero-order valence-electron chi connectivity index (χ0n) is 17.1. The lowest BCUT2D eigenvalue weighted by Crippen LogP contribution is -2.41. The Labute approximate surface area is 162 Å². The standard InChI is InChI=1S/C21H29BN2O3/c1-15(2)25-19-18(23-13-16-10-8-7-9-11-16)12-17(14-24-19)22-26-20(3,4)21(5,6)27-22/h7-12,14-15,23H,13H2,1-6H3. The number of anilines is 1. The fourth-order valence-electron chi connectivity index (χ4n) is 2.81. The van der Waals surface area contributed by atoms with Crippen LogP contribution < -0.4 is 15.5 Å². The van der Waals surface area contributed by atoms with Crippen LogP contribution in [-0.4, -0.2) is 29.4 Å². The number of nitrogens with one attached hydrogen (secondary N) is 1. The molecule has 1 N–H and O–H groups in total. The van der Waals surface area contributed by atoms with Crippen molar-refractivity contribution >= 4 is 18.3 Å². The van der Waals surface area contributed by atoms with Gasteiger partial charge in [-0.15, -0.1) is 0 Å². The van der Waals surface area contributed by atoms with Crippen molar-refractivity contribution in [3.05, 3.63) is 48.2 Å². The van der Waals surface area contributed by atoms with Crippen molar-refractivity contribution in [2.45, 2.75) is 65.4 Å². The highest BCUT2D eigenvalue weighted by Gasteiger charge is 2.51. The highest BCUT2D eigenvalue weighted by Crippen LogP contribution is 2.36. The van der Waals surface area contributed by atoms with Crippen molar-refractivity contribution in [3.63, 3.8) is 0 Å². The minimum Gasteiger partial charge on any atom is -0.473 e. The summed E-state index contributed by atoms with van der Waals surface area (Å²) in [5.41, 5.74) is 2.12. The van der Waals surface area contributed by atoms with Gasteiger partial charge in [-0.05, 0) is 53.2 Å². The molecule has 144 valence electrons. The summed E-state index contributed by atoms with van der Waals surface area (Å²) in [6, 6.07) is 12.2. The van der Waals surface area contributed by atoms with E-state index in [-0.39, 0.29) is 17.3 Å². The summed E-state index contributed by atoms with van der Waals surface area (Å²) in [4.78, 5) is 4.53. The van der Waals surface area contributed by atoms with Crippen LogP contribution in [0.3, 0.4) is 0 Å². The molecule has 2 aromatic rings. The number of rotatable bonds is 6. The summed E-state index contributed by atoms with van der Waals surface area (Å²) < 4.78 is 18.2. The van der Waals surface area contributed by atoms with E-state index in [9.17, 15) is 0 Å². The molecule has 1 aromatic heterocycles. The maximum absolute atomic E-state index is 6.16. The second-order valence-corrected chi connectivity index (χ2v) is 8.22. The van der Waals surface area contributed by atoms with Gasteiger partial charge < -0.3 is 19.4 Å². The van der Waals surface area contributed by atoms with E-state index in [0.717, 1.165) is 11.2 Å². The summed E-state index contributed by atoms with van der Waals surface area (Å²) in [5, 5.41) is 3.44. The molecule has 6 heteroatoms. The van der Waals surface area contributed by atoms with Crippen molar-refractivity contribution in [2.24, 2.45) is 0 Å². The maximum atomic E-state index is 6.16. The number of pyridine rings is 1. The second kappa shape index (κ2) is 7.53. The van der Waals surface area contributed by atoms with Crippen molar-refractivity contribution in [1.82, 2.24) is 4.98 Å². The summed E-state index contributed by atoms with van der Waals surface area (Å²) in [6.07, 6.45) is 1.81. The second-order valence-electron chi connectivity index (χ2n) is 8.22. The molecule has 1 fully saturated rings. The van der Waals surface area contributed by atoms with Crippen molar-refractivity contribution in [1.29, 1.82) is 0 Å². The van der Waals surface area contributed by atoms with Crippen LogP contribution in [0.1, 0.15) is 47.1 Å². The van der Waals surface area contributed by atoms with Gasteiger partial charge in [-0.2, -0.15) is 0 Å². The van der Waals surface area contributed by atoms with Crippen LogP contribution in [0.15, 0.2) is 42.6 Å². The number of benzene rings is 1. The first-order chi connectivity index (χ1) is 12.7. The molecule has 0 amide bonds. The lowest BCUT2D eigenvalue weighted by atomic mass is 9.80. The Bertz CT molecular complexity index is 762. The Morgan fingerprint density at radius 3 is 2.30 bits per heavy atom. The summed E-state index contributed by atoms with van der Waals surface area (Å²) >= 11 is 0. The van der Waals surface area contributed by atoms with Crippen LogP contribution >= 0.6 is 0 Å². The van der Waals surface area contributed by atoms with E-state index in [1.54, 1.807) is 6.20 Å². The molecular formula is C21H29BN2O3. The van der Waals surface area contributed by atoms with Crippen LogP contribution in [0, 0.1) is 0 Å². The Balaban J connectivity index is 1.84. The van der Waals surface area contributed by atoms with Gasteiger partial charge in [0, 0.05) is 18.2 Å². The first-order valence-corrected chi connectivity index (χ1v) is 9.48. The minimum atomic E-state index is -0.451. The van der Waals surface area contributed by atoms with Crippen LogP contribution in [0.4, 0.5) is 5.69 Å². The largest absolute Gasteiger partial charge is 0.496 e. The monoisotopic (exact) mass is 368 g/mol. The Morgan fingerprint density at radius 1 is 1.07 bits per heavy atom. The average molecular weight is 368 g/mol. The van der Waals surface area contributed by atoms with Crippen LogP contribution in [0.2, 0.25) is 0 Å². The molecule has 3 rings (SSSR count). The lowest BCUT2D eigenvalue weighted by molar-refractivity contribution is 0.00578. The first kappa shape index (κ1) is 19.7. The molecule has 0 spiro atoms. The Kier molecular flexibility index (Phi) is 5.49. The predicted octanol–water partition coefficient (Wildman–Crippen LogP) is 3.78. The van der Waals surface area contributed by atoms with Gasteiger partial charge in [-0.1, -0.05) is 30.3 Å². The molecule has 0 aliphatic carbocycles. The van der Waals surface area contributed by atoms with E-state index in [4.69, 9.17) is 14.0 Å². The van der Waals surface area contributed by atoms with Crippen molar-refractivity contribution < 1.29 is 14.0 Å². The van der Waals surface area contributed by atoms with E-state index in [2.05, 4.69) is 22.4 Å². The molecule has 1 saturated heterocycles. The molecule has 0 unspecified atom stereocenters. The van der Waals surface area contributed by atoms with Gasteiger partial charge >= 0.3 is 7.12 Å². The number of ether oxygens (including phenoxy) is 1. The zero-order valence-corrected chi connectivity index (χ0v) is 17.1. The molecule has 0 saturated carbocycles. The van der Waals surface area contributed by atoms with E-state index in [0.29, 0.717) is 12.4 Å². The number of hydrogen-bond acceptors (Lipinski definition) is 5. The van der Waals surface area contributed by atoms with Gasteiger partial charge in [0.1, 0.15) is 0 Å². The van der Waals surface area contributed by atoms with Gasteiger partial charge in [0.2, 0.25) is 5.88 Å². The van der Waals surface area contributed by atoms with Gasteiger partial charge in [0.25, 0.3) is 0 Å². The molecule has 27 heavy (non-hydrogen) atoms. The predicted molar refractivity (Wildman–Crippen MR) is 109 cm³/mol. The fourth-order valence-corrected chi connectivity index (χ4v) is 2.81. The Morgan fingerprint density at radius 2 is 1.70 bits per heavy atom. The normalized spacial score (nSPS) is 18.0. The van der Waals surface area contributed by atoms with Gasteiger partial charge in [0.05, 0.1) is 23.0 Å². The molecule has 2 heterocycles. The first-order valence-electron chi connectivity index (χ1n) is 9.48. The SMILES string of the molecule is CC(C)Oc1ncc(B2OC(C)(C)C(C)(C)O2)cc1NCc1ccccc1. The summed E-state index contributed by atoms with van der Waals surface area (Å²) in [7, 11) is -0.451. The van der Waals surface area contributed by atoms with E-state index < -0.39 is 7.12 Å². The number of aromatic nitrogens is 1. The molecule has 1 aromatic carbocycles. The number of hydrogen-bond donors (Lipinski definition) is 1. The minimum absolute atomic E-state index is 0.0393. The molecule has 0 atom stereocenters. The molecule has 1 aliphatic heterocycles. The van der Waals surface area contributed by atoms with Gasteiger partial charge in [-0.3, -0.25) is 0 Å². The van der Waals surface area contributed by atoms with Crippen LogP contribution in [-0.2, 0) is 15.9 Å². The highest BCUT2D eigenvalue weighted by molar-refractivity contribution is 6.62.